The SMILES string of the molecule is CCN(CC)c1ccc(-c2nnc(SCC(=O)NC3CCOc4ccccc43)n2C)cc1. The molecule has 0 spiro atoms. The number of thioether (sulfide) groups is 1. The number of hydrogen-bond acceptors (Lipinski definition) is 6. The average Bonchev–Trinajstić information content (AvgIpc) is 3.19. The van der Waals surface area contributed by atoms with E-state index in [1.165, 1.54) is 17.4 Å². The van der Waals surface area contributed by atoms with Gasteiger partial charge in [0.2, 0.25) is 5.91 Å². The van der Waals surface area contributed by atoms with Crippen molar-refractivity contribution in [2.45, 2.75) is 31.5 Å². The summed E-state index contributed by atoms with van der Waals surface area (Å²) in [7, 11) is 1.93. The summed E-state index contributed by atoms with van der Waals surface area (Å²) < 4.78 is 7.62. The number of para-hydroxylation sites is 1. The molecule has 0 fully saturated rings. The van der Waals surface area contributed by atoms with Gasteiger partial charge in [-0.15, -0.1) is 10.2 Å². The topological polar surface area (TPSA) is 72.3 Å². The highest BCUT2D eigenvalue weighted by molar-refractivity contribution is 7.99. The molecule has 4 rings (SSSR count). The number of fused-ring (bicyclic) bond motifs is 1. The third kappa shape index (κ3) is 4.75. The molecule has 0 radical (unpaired) electrons. The fraction of sp³-hybridized carbons (Fsp3) is 0.375. The standard InChI is InChI=1S/C24H29N5O2S/c1-4-29(5-2)18-12-10-17(11-13-18)23-26-27-24(28(23)3)32-16-22(30)25-20-14-15-31-21-9-7-6-8-19(20)21/h6-13,20H,4-5,14-16H2,1-3H3,(H,25,30). The summed E-state index contributed by atoms with van der Waals surface area (Å²) >= 11 is 1.39. The van der Waals surface area contributed by atoms with E-state index in [1.807, 2.05) is 35.9 Å². The summed E-state index contributed by atoms with van der Waals surface area (Å²) in [5.41, 5.74) is 3.24. The van der Waals surface area contributed by atoms with Gasteiger partial charge in [0.1, 0.15) is 5.75 Å². The molecule has 32 heavy (non-hydrogen) atoms. The zero-order valence-corrected chi connectivity index (χ0v) is 19.6. The lowest BCUT2D eigenvalue weighted by Crippen LogP contribution is -2.33. The van der Waals surface area contributed by atoms with E-state index in [2.05, 4.69) is 58.5 Å². The van der Waals surface area contributed by atoms with E-state index < -0.39 is 0 Å². The lowest BCUT2D eigenvalue weighted by molar-refractivity contribution is -0.119. The van der Waals surface area contributed by atoms with Crippen molar-refractivity contribution in [2.24, 2.45) is 7.05 Å². The molecule has 1 unspecified atom stereocenters. The highest BCUT2D eigenvalue weighted by Crippen LogP contribution is 2.32. The van der Waals surface area contributed by atoms with Crippen LogP contribution in [0.3, 0.4) is 0 Å². The molecule has 0 aliphatic carbocycles. The Balaban J connectivity index is 1.38. The van der Waals surface area contributed by atoms with Gasteiger partial charge in [-0.2, -0.15) is 0 Å². The van der Waals surface area contributed by atoms with Crippen LogP contribution in [0.5, 0.6) is 5.75 Å². The van der Waals surface area contributed by atoms with Crippen LogP contribution in [0.2, 0.25) is 0 Å². The second-order valence-corrected chi connectivity index (χ2v) is 8.61. The molecule has 0 bridgehead atoms. The molecule has 3 aromatic rings. The molecule has 0 saturated carbocycles. The van der Waals surface area contributed by atoms with Gasteiger partial charge in [-0.05, 0) is 44.2 Å². The Morgan fingerprint density at radius 2 is 1.91 bits per heavy atom. The quantitative estimate of drug-likeness (QED) is 0.521. The fourth-order valence-corrected chi connectivity index (χ4v) is 4.68. The van der Waals surface area contributed by atoms with Crippen LogP contribution in [0.25, 0.3) is 11.4 Å². The van der Waals surface area contributed by atoms with Gasteiger partial charge in [0, 0.05) is 43.4 Å². The first-order chi connectivity index (χ1) is 15.6. The number of carbonyl (C=O) groups is 1. The Hall–Kier alpha value is -3.00. The Kier molecular flexibility index (Phi) is 6.99. The summed E-state index contributed by atoms with van der Waals surface area (Å²) in [5, 5.41) is 12.5. The second-order valence-electron chi connectivity index (χ2n) is 7.67. The van der Waals surface area contributed by atoms with Gasteiger partial charge in [-0.1, -0.05) is 30.0 Å². The molecule has 1 atom stereocenters. The van der Waals surface area contributed by atoms with E-state index in [1.54, 1.807) is 0 Å². The number of nitrogens with one attached hydrogen (secondary N) is 1. The van der Waals surface area contributed by atoms with Crippen LogP contribution in [0.4, 0.5) is 5.69 Å². The first-order valence-electron chi connectivity index (χ1n) is 11.0. The van der Waals surface area contributed by atoms with Crippen molar-refractivity contribution in [1.82, 2.24) is 20.1 Å². The maximum atomic E-state index is 12.6. The summed E-state index contributed by atoms with van der Waals surface area (Å²) in [6.07, 6.45) is 0.769. The molecule has 1 aliphatic rings. The number of rotatable bonds is 8. The number of hydrogen-bond donors (Lipinski definition) is 1. The first kappa shape index (κ1) is 22.2. The molecule has 2 heterocycles. The van der Waals surface area contributed by atoms with Crippen molar-refractivity contribution < 1.29 is 9.53 Å². The zero-order chi connectivity index (χ0) is 22.5. The normalized spacial score (nSPS) is 15.0. The summed E-state index contributed by atoms with van der Waals surface area (Å²) in [5.74, 6) is 1.90. The molecule has 1 N–H and O–H groups in total. The summed E-state index contributed by atoms with van der Waals surface area (Å²) in [6, 6.07) is 16.2. The molecule has 8 heteroatoms. The van der Waals surface area contributed by atoms with E-state index in [0.29, 0.717) is 6.61 Å². The van der Waals surface area contributed by atoms with Crippen molar-refractivity contribution >= 4 is 23.4 Å². The van der Waals surface area contributed by atoms with Crippen LogP contribution in [0, 0.1) is 0 Å². The second kappa shape index (κ2) is 10.1. The number of anilines is 1. The van der Waals surface area contributed by atoms with Crippen LogP contribution >= 0.6 is 11.8 Å². The third-order valence-corrected chi connectivity index (χ3v) is 6.74. The van der Waals surface area contributed by atoms with E-state index in [4.69, 9.17) is 4.74 Å². The number of amides is 1. The highest BCUT2D eigenvalue weighted by atomic mass is 32.2. The Morgan fingerprint density at radius 3 is 2.66 bits per heavy atom. The predicted octanol–water partition coefficient (Wildman–Crippen LogP) is 4.06. The fourth-order valence-electron chi connectivity index (χ4n) is 3.96. The first-order valence-corrected chi connectivity index (χ1v) is 12.0. The van der Waals surface area contributed by atoms with Crippen LogP contribution < -0.4 is 15.0 Å². The van der Waals surface area contributed by atoms with E-state index in [9.17, 15) is 4.79 Å². The molecule has 1 aliphatic heterocycles. The van der Waals surface area contributed by atoms with Crippen molar-refractivity contribution in [1.29, 1.82) is 0 Å². The van der Waals surface area contributed by atoms with E-state index in [-0.39, 0.29) is 17.7 Å². The minimum Gasteiger partial charge on any atom is -0.493 e. The number of carbonyl (C=O) groups excluding carboxylic acids is 1. The van der Waals surface area contributed by atoms with E-state index >= 15 is 0 Å². The zero-order valence-electron chi connectivity index (χ0n) is 18.7. The largest absolute Gasteiger partial charge is 0.493 e. The minimum absolute atomic E-state index is 0.0209. The van der Waals surface area contributed by atoms with Crippen molar-refractivity contribution in [3.05, 3.63) is 54.1 Å². The maximum absolute atomic E-state index is 12.6. The van der Waals surface area contributed by atoms with Gasteiger partial charge in [-0.25, -0.2) is 0 Å². The monoisotopic (exact) mass is 451 g/mol. The van der Waals surface area contributed by atoms with Crippen molar-refractivity contribution in [2.75, 3.05) is 30.3 Å². The maximum Gasteiger partial charge on any atom is 0.230 e. The van der Waals surface area contributed by atoms with Gasteiger partial charge in [0.15, 0.2) is 11.0 Å². The van der Waals surface area contributed by atoms with Crippen LogP contribution in [-0.2, 0) is 11.8 Å². The van der Waals surface area contributed by atoms with Crippen LogP contribution in [0.15, 0.2) is 53.7 Å². The minimum atomic E-state index is -0.0233. The molecular weight excluding hydrogens is 422 g/mol. The number of ether oxygens (including phenoxy) is 1. The highest BCUT2D eigenvalue weighted by Gasteiger charge is 2.23. The molecule has 1 aromatic heterocycles. The lowest BCUT2D eigenvalue weighted by atomic mass is 10.0. The molecule has 7 nitrogen and oxygen atoms in total. The Labute approximate surface area is 193 Å². The van der Waals surface area contributed by atoms with Gasteiger partial charge in [0.05, 0.1) is 18.4 Å². The number of aromatic nitrogens is 3. The molecule has 168 valence electrons. The molecular formula is C24H29N5O2S. The van der Waals surface area contributed by atoms with Gasteiger partial charge < -0.3 is 19.5 Å². The van der Waals surface area contributed by atoms with Crippen molar-refractivity contribution in [3.8, 4) is 17.1 Å². The van der Waals surface area contributed by atoms with Gasteiger partial charge in [-0.3, -0.25) is 4.79 Å². The van der Waals surface area contributed by atoms with Gasteiger partial charge in [0.25, 0.3) is 0 Å². The van der Waals surface area contributed by atoms with Crippen LogP contribution in [-0.4, -0.2) is 46.1 Å². The van der Waals surface area contributed by atoms with Crippen molar-refractivity contribution in [3.63, 3.8) is 0 Å². The third-order valence-electron chi connectivity index (χ3n) is 5.72. The predicted molar refractivity (Wildman–Crippen MR) is 128 cm³/mol. The Morgan fingerprint density at radius 1 is 1.16 bits per heavy atom. The summed E-state index contributed by atoms with van der Waals surface area (Å²) in [4.78, 5) is 14.9. The average molecular weight is 452 g/mol. The number of nitrogens with zero attached hydrogens (tertiary/aromatic N) is 4. The molecule has 0 saturated heterocycles. The number of benzene rings is 2. The van der Waals surface area contributed by atoms with Crippen LogP contribution in [0.1, 0.15) is 31.9 Å². The summed E-state index contributed by atoms with van der Waals surface area (Å²) in [6.45, 7) is 6.86. The lowest BCUT2D eigenvalue weighted by Gasteiger charge is -2.26. The van der Waals surface area contributed by atoms with Gasteiger partial charge >= 0.3 is 0 Å². The Bertz CT molecular complexity index is 1060. The van der Waals surface area contributed by atoms with E-state index in [0.717, 1.165) is 47.4 Å². The smallest absolute Gasteiger partial charge is 0.230 e. The molecule has 2 aromatic carbocycles. The molecule has 1 amide bonds.